The van der Waals surface area contributed by atoms with Gasteiger partial charge in [-0.1, -0.05) is 10.3 Å². The number of carbonyl (C=O) groups is 1. The number of ketones is 1. The summed E-state index contributed by atoms with van der Waals surface area (Å²) >= 11 is 0. The highest BCUT2D eigenvalue weighted by Gasteiger charge is 2.78. The van der Waals surface area contributed by atoms with E-state index in [2.05, 4.69) is 30.0 Å². The molecule has 1 saturated heterocycles. The van der Waals surface area contributed by atoms with Gasteiger partial charge < -0.3 is 47.4 Å². The molecule has 250 valence electrons. The molecule has 3 aliphatic rings. The van der Waals surface area contributed by atoms with Gasteiger partial charge in [-0.3, -0.25) is 4.79 Å². The van der Waals surface area contributed by atoms with Crippen LogP contribution in [0.4, 0.5) is 0 Å². The predicted molar refractivity (Wildman–Crippen MR) is 164 cm³/mol. The average Bonchev–Trinajstić information content (AvgIpc) is 3.71. The van der Waals surface area contributed by atoms with Crippen molar-refractivity contribution in [3.8, 4) is 22.8 Å². The Kier molecular flexibility index (Phi) is 7.63. The molecular formula is C32H42N2O11Si. The first kappa shape index (κ1) is 32.8. The Balaban J connectivity index is 1.69. The van der Waals surface area contributed by atoms with E-state index in [0.29, 0.717) is 39.6 Å². The molecule has 14 heteroatoms. The molecule has 1 spiro atoms. The van der Waals surface area contributed by atoms with Crippen LogP contribution in [0.5, 0.6) is 11.5 Å². The van der Waals surface area contributed by atoms with Crippen molar-refractivity contribution >= 4 is 14.1 Å². The second-order valence-electron chi connectivity index (χ2n) is 13.8. The fraction of sp³-hybridized carbons (Fsp3) is 0.594. The number of hydrogen-bond acceptors (Lipinski definition) is 13. The molecule has 6 rings (SSSR count). The zero-order valence-electron chi connectivity index (χ0n) is 27.9. The van der Waals surface area contributed by atoms with Crippen LogP contribution in [0.2, 0.25) is 19.6 Å². The monoisotopic (exact) mass is 658 g/mol. The number of aromatic nitrogens is 2. The normalized spacial score (nSPS) is 26.5. The Morgan fingerprint density at radius 3 is 2.35 bits per heavy atom. The predicted octanol–water partition coefficient (Wildman–Crippen LogP) is 3.80. The summed E-state index contributed by atoms with van der Waals surface area (Å²) in [5.74, 6) is -1.45. The lowest BCUT2D eigenvalue weighted by molar-refractivity contribution is -0.355. The summed E-state index contributed by atoms with van der Waals surface area (Å²) in [6.45, 7) is 11.4. The van der Waals surface area contributed by atoms with E-state index in [1.54, 1.807) is 19.1 Å². The molecule has 0 saturated carbocycles. The van der Waals surface area contributed by atoms with E-state index in [1.807, 2.05) is 13.8 Å². The highest BCUT2D eigenvalue weighted by molar-refractivity contribution is 6.69. The quantitative estimate of drug-likeness (QED) is 0.239. The fourth-order valence-electron chi connectivity index (χ4n) is 7.93. The molecule has 46 heavy (non-hydrogen) atoms. The third-order valence-corrected chi connectivity index (χ3v) is 10.8. The van der Waals surface area contributed by atoms with Gasteiger partial charge in [0, 0.05) is 43.4 Å². The first-order valence-corrected chi connectivity index (χ1v) is 18.5. The molecule has 1 aromatic carbocycles. The van der Waals surface area contributed by atoms with Crippen molar-refractivity contribution in [2.24, 2.45) is 0 Å². The third kappa shape index (κ3) is 4.24. The van der Waals surface area contributed by atoms with Crippen LogP contribution in [0.1, 0.15) is 59.0 Å². The highest BCUT2D eigenvalue weighted by atomic mass is 28.4. The van der Waals surface area contributed by atoms with Crippen LogP contribution in [-0.2, 0) is 42.9 Å². The van der Waals surface area contributed by atoms with Gasteiger partial charge in [-0.15, -0.1) is 0 Å². The highest BCUT2D eigenvalue weighted by Crippen LogP contribution is 2.66. The minimum atomic E-state index is -2.20. The molecule has 2 N–H and O–H groups in total. The van der Waals surface area contributed by atoms with Gasteiger partial charge in [0.15, 0.2) is 19.7 Å². The Morgan fingerprint density at radius 2 is 1.76 bits per heavy atom. The van der Waals surface area contributed by atoms with Gasteiger partial charge in [-0.25, -0.2) is 0 Å². The summed E-state index contributed by atoms with van der Waals surface area (Å²) in [7, 11) is 3.59. The molecule has 0 unspecified atom stereocenters. The standard InChI is InChI=1S/C32H42N2O11Si/c1-16-19(15-35)21(43-33-16)13-31(37)28-30(14-22(42-28)29(2,3)45-46(8,9)10)24-25(34-44-27(24)32(31,40-6)41-7)23-18(26(30)36)11-17(38-4)12-20(23)39-5/h11-12,22,28,35,37H,13-15H2,1-10H3/t22-,28+,30+,31+/m0/s1. The van der Waals surface area contributed by atoms with E-state index in [0.717, 1.165) is 0 Å². The number of aryl methyl sites for hydroxylation is 1. The maximum atomic E-state index is 15.3. The van der Waals surface area contributed by atoms with E-state index in [9.17, 15) is 10.2 Å². The van der Waals surface area contributed by atoms with Crippen molar-refractivity contribution < 1.29 is 52.2 Å². The summed E-state index contributed by atoms with van der Waals surface area (Å²) in [4.78, 5) is 15.3. The Bertz CT molecular complexity index is 1690. The second-order valence-corrected chi connectivity index (χ2v) is 18.2. The van der Waals surface area contributed by atoms with Gasteiger partial charge >= 0.3 is 0 Å². The number of ether oxygens (including phenoxy) is 5. The minimum Gasteiger partial charge on any atom is -0.497 e. The zero-order valence-corrected chi connectivity index (χ0v) is 28.9. The van der Waals surface area contributed by atoms with Crippen molar-refractivity contribution in [2.75, 3.05) is 28.4 Å². The molecule has 2 aliphatic carbocycles. The van der Waals surface area contributed by atoms with Crippen LogP contribution in [0.25, 0.3) is 11.3 Å². The number of fused-ring (bicyclic) bond motifs is 2. The van der Waals surface area contributed by atoms with E-state index in [4.69, 9.17) is 37.2 Å². The number of rotatable bonds is 10. The molecule has 1 aliphatic heterocycles. The average molecular weight is 659 g/mol. The first-order valence-electron chi connectivity index (χ1n) is 15.1. The molecule has 2 aromatic heterocycles. The summed E-state index contributed by atoms with van der Waals surface area (Å²) in [6, 6.07) is 3.31. The number of aliphatic hydroxyl groups excluding tert-OH is 1. The lowest BCUT2D eigenvalue weighted by atomic mass is 9.54. The van der Waals surface area contributed by atoms with E-state index in [1.165, 1.54) is 28.4 Å². The fourth-order valence-corrected chi connectivity index (χ4v) is 9.64. The minimum absolute atomic E-state index is 0.0121. The molecule has 3 heterocycles. The number of methoxy groups -OCH3 is 4. The molecule has 0 bridgehead atoms. The number of aliphatic hydroxyl groups is 2. The maximum absolute atomic E-state index is 15.3. The van der Waals surface area contributed by atoms with Crippen molar-refractivity contribution in [3.05, 3.63) is 46.0 Å². The summed E-state index contributed by atoms with van der Waals surface area (Å²) < 4.78 is 48.7. The lowest BCUT2D eigenvalue weighted by Gasteiger charge is -2.54. The van der Waals surface area contributed by atoms with Crippen molar-refractivity contribution in [3.63, 3.8) is 0 Å². The van der Waals surface area contributed by atoms with Crippen molar-refractivity contribution in [2.45, 2.75) is 94.5 Å². The third-order valence-electron chi connectivity index (χ3n) is 9.69. The number of carbonyl (C=O) groups excluding carboxylic acids is 1. The molecule has 13 nitrogen and oxygen atoms in total. The van der Waals surface area contributed by atoms with Gasteiger partial charge in [0.1, 0.15) is 29.1 Å². The van der Waals surface area contributed by atoms with Crippen LogP contribution in [0, 0.1) is 6.92 Å². The number of benzene rings is 1. The Labute approximate surface area is 268 Å². The van der Waals surface area contributed by atoms with Crippen LogP contribution in [0.3, 0.4) is 0 Å². The summed E-state index contributed by atoms with van der Waals surface area (Å²) in [6.07, 6.45) is -2.21. The molecule has 3 aromatic rings. The second kappa shape index (κ2) is 10.7. The SMILES string of the molecule is COc1cc(OC)c2c(c1)C(=O)[C@]13C[C@@H](C(C)(C)O[Si](C)(C)C)O[C@H]1[C@](O)(Cc1onc(C)c1CO)C(OC)(OC)c1onc-2c13. The van der Waals surface area contributed by atoms with E-state index < -0.39 is 49.5 Å². The van der Waals surface area contributed by atoms with Gasteiger partial charge in [0.2, 0.25) is 5.76 Å². The summed E-state index contributed by atoms with van der Waals surface area (Å²) in [5.41, 5.74) is -2.38. The molecule has 0 radical (unpaired) electrons. The topological polar surface area (TPSA) is 165 Å². The van der Waals surface area contributed by atoms with Gasteiger partial charge in [0.25, 0.3) is 5.79 Å². The number of nitrogens with zero attached hydrogens (tertiary/aromatic N) is 2. The maximum Gasteiger partial charge on any atom is 0.264 e. The van der Waals surface area contributed by atoms with Gasteiger partial charge in [-0.2, -0.15) is 0 Å². The Hall–Kier alpha value is -3.11. The molecule has 0 amide bonds. The van der Waals surface area contributed by atoms with Gasteiger partial charge in [-0.05, 0) is 52.9 Å². The molecule has 4 atom stereocenters. The van der Waals surface area contributed by atoms with Gasteiger partial charge in [0.05, 0.1) is 49.2 Å². The first-order chi connectivity index (χ1) is 21.6. The smallest absolute Gasteiger partial charge is 0.264 e. The summed E-state index contributed by atoms with van der Waals surface area (Å²) in [5, 5.41) is 32.0. The molecule has 1 fully saturated rings. The number of Topliss-reactive ketones (excluding diaryl/α,β-unsaturated/α-hetero) is 1. The number of hydrogen-bond donors (Lipinski definition) is 2. The van der Waals surface area contributed by atoms with E-state index >= 15 is 4.79 Å². The zero-order chi connectivity index (χ0) is 33.6. The van der Waals surface area contributed by atoms with Crippen LogP contribution >= 0.6 is 0 Å². The molecular weight excluding hydrogens is 616 g/mol. The van der Waals surface area contributed by atoms with Crippen LogP contribution in [0.15, 0.2) is 21.2 Å². The lowest BCUT2D eigenvalue weighted by Crippen LogP contribution is -2.71. The van der Waals surface area contributed by atoms with E-state index in [-0.39, 0.29) is 35.7 Å². The van der Waals surface area contributed by atoms with Crippen molar-refractivity contribution in [1.82, 2.24) is 10.3 Å². The Morgan fingerprint density at radius 1 is 1.07 bits per heavy atom. The van der Waals surface area contributed by atoms with Crippen LogP contribution < -0.4 is 9.47 Å². The largest absolute Gasteiger partial charge is 0.497 e. The van der Waals surface area contributed by atoms with Crippen LogP contribution in [-0.4, -0.2) is 86.5 Å². The van der Waals surface area contributed by atoms with Crippen molar-refractivity contribution in [1.29, 1.82) is 0 Å².